The van der Waals surface area contributed by atoms with Crippen molar-refractivity contribution in [2.24, 2.45) is 0 Å². The summed E-state index contributed by atoms with van der Waals surface area (Å²) in [5.74, 6) is -0.811. The molecule has 1 atom stereocenters. The first kappa shape index (κ1) is 16.8. The molecule has 0 aromatic heterocycles. The smallest absolute Gasteiger partial charge is 0.246 e. The molecule has 5 nitrogen and oxygen atoms in total. The lowest BCUT2D eigenvalue weighted by Crippen LogP contribution is -2.55. The molecule has 0 bridgehead atoms. The maximum absolute atomic E-state index is 14.0. The van der Waals surface area contributed by atoms with Crippen LogP contribution in [0.15, 0.2) is 27.6 Å². The van der Waals surface area contributed by atoms with Gasteiger partial charge in [0.25, 0.3) is 0 Å². The summed E-state index contributed by atoms with van der Waals surface area (Å²) in [6.07, 6.45) is -0.623. The third kappa shape index (κ3) is 3.62. The second-order valence-electron chi connectivity index (χ2n) is 5.55. The van der Waals surface area contributed by atoms with E-state index in [9.17, 15) is 17.9 Å². The molecule has 1 saturated heterocycles. The van der Waals surface area contributed by atoms with Crippen LogP contribution < -0.4 is 0 Å². The van der Waals surface area contributed by atoms with Crippen molar-refractivity contribution >= 4 is 26.0 Å². The van der Waals surface area contributed by atoms with Crippen LogP contribution in [-0.2, 0) is 14.8 Å². The fraction of sp³-hybridized carbons (Fsp3) is 0.538. The monoisotopic (exact) mass is 381 g/mol. The minimum absolute atomic E-state index is 0.00222. The molecular weight excluding hydrogens is 365 g/mol. The molecule has 2 rings (SSSR count). The Morgan fingerprint density at radius 2 is 2.19 bits per heavy atom. The third-order valence-corrected chi connectivity index (χ3v) is 5.50. The molecule has 1 aliphatic rings. The van der Waals surface area contributed by atoms with Gasteiger partial charge in [-0.15, -0.1) is 0 Å². The Labute approximate surface area is 131 Å². The van der Waals surface area contributed by atoms with Gasteiger partial charge in [0, 0.05) is 17.6 Å². The van der Waals surface area contributed by atoms with E-state index in [-0.39, 0.29) is 24.6 Å². The molecule has 1 N–H and O–H groups in total. The van der Waals surface area contributed by atoms with Gasteiger partial charge in [-0.3, -0.25) is 0 Å². The Balaban J connectivity index is 2.38. The summed E-state index contributed by atoms with van der Waals surface area (Å²) >= 11 is 3.10. The Kier molecular flexibility index (Phi) is 4.75. The highest BCUT2D eigenvalue weighted by Gasteiger charge is 2.40. The maximum atomic E-state index is 14.0. The quantitative estimate of drug-likeness (QED) is 0.865. The number of hydrogen-bond donors (Lipinski definition) is 1. The molecule has 0 aliphatic carbocycles. The number of ether oxygens (including phenoxy) is 1. The summed E-state index contributed by atoms with van der Waals surface area (Å²) in [6, 6.07) is 3.82. The van der Waals surface area contributed by atoms with Gasteiger partial charge in [0.15, 0.2) is 0 Å². The molecule has 1 unspecified atom stereocenters. The van der Waals surface area contributed by atoms with Crippen LogP contribution in [-0.4, -0.2) is 49.2 Å². The number of halogens is 2. The Morgan fingerprint density at radius 3 is 2.76 bits per heavy atom. The molecule has 1 aliphatic heterocycles. The topological polar surface area (TPSA) is 66.8 Å². The van der Waals surface area contributed by atoms with Gasteiger partial charge in [-0.25, -0.2) is 12.8 Å². The van der Waals surface area contributed by atoms with Crippen molar-refractivity contribution in [3.63, 3.8) is 0 Å². The van der Waals surface area contributed by atoms with E-state index in [4.69, 9.17) is 4.74 Å². The van der Waals surface area contributed by atoms with Gasteiger partial charge in [0.1, 0.15) is 10.7 Å². The van der Waals surface area contributed by atoms with Gasteiger partial charge in [-0.2, -0.15) is 4.31 Å². The molecule has 8 heteroatoms. The second-order valence-corrected chi connectivity index (χ2v) is 8.38. The van der Waals surface area contributed by atoms with Crippen molar-refractivity contribution in [3.05, 3.63) is 28.5 Å². The van der Waals surface area contributed by atoms with Crippen LogP contribution in [0.1, 0.15) is 13.8 Å². The number of nitrogens with zero attached hydrogens (tertiary/aromatic N) is 1. The zero-order chi connectivity index (χ0) is 15.8. The number of hydrogen-bond acceptors (Lipinski definition) is 4. The minimum Gasteiger partial charge on any atom is -0.394 e. The Hall–Kier alpha value is -0.540. The maximum Gasteiger partial charge on any atom is 0.246 e. The molecule has 0 saturated carbocycles. The molecule has 21 heavy (non-hydrogen) atoms. The van der Waals surface area contributed by atoms with Crippen molar-refractivity contribution in [2.45, 2.75) is 30.4 Å². The summed E-state index contributed by atoms with van der Waals surface area (Å²) in [4.78, 5) is -0.375. The Morgan fingerprint density at radius 1 is 1.52 bits per heavy atom. The van der Waals surface area contributed by atoms with Crippen LogP contribution in [0.25, 0.3) is 0 Å². The van der Waals surface area contributed by atoms with Crippen LogP contribution in [0.2, 0.25) is 0 Å². The van der Waals surface area contributed by atoms with Crippen LogP contribution >= 0.6 is 15.9 Å². The van der Waals surface area contributed by atoms with E-state index < -0.39 is 27.5 Å². The van der Waals surface area contributed by atoms with E-state index in [1.807, 2.05) is 0 Å². The van der Waals surface area contributed by atoms with E-state index in [1.54, 1.807) is 13.8 Å². The average Bonchev–Trinajstić information content (AvgIpc) is 2.36. The summed E-state index contributed by atoms with van der Waals surface area (Å²) < 4.78 is 46.4. The zero-order valence-corrected chi connectivity index (χ0v) is 14.1. The van der Waals surface area contributed by atoms with Crippen LogP contribution in [0.4, 0.5) is 4.39 Å². The zero-order valence-electron chi connectivity index (χ0n) is 11.7. The lowest BCUT2D eigenvalue weighted by molar-refractivity contribution is -0.131. The van der Waals surface area contributed by atoms with Gasteiger partial charge in [0.05, 0.1) is 18.3 Å². The van der Waals surface area contributed by atoms with Gasteiger partial charge in [0.2, 0.25) is 10.0 Å². The predicted molar refractivity (Wildman–Crippen MR) is 78.9 cm³/mol. The van der Waals surface area contributed by atoms with Crippen LogP contribution in [0.3, 0.4) is 0 Å². The SMILES string of the molecule is CC1(C)CN(S(=O)(=O)c2ccc(Br)cc2F)CC(CO)O1. The van der Waals surface area contributed by atoms with Crippen molar-refractivity contribution in [1.82, 2.24) is 4.31 Å². The molecule has 1 aromatic rings. The largest absolute Gasteiger partial charge is 0.394 e. The van der Waals surface area contributed by atoms with Gasteiger partial charge in [-0.1, -0.05) is 15.9 Å². The van der Waals surface area contributed by atoms with E-state index in [0.717, 1.165) is 10.4 Å². The summed E-state index contributed by atoms with van der Waals surface area (Å²) in [7, 11) is -3.98. The fourth-order valence-corrected chi connectivity index (χ4v) is 4.34. The van der Waals surface area contributed by atoms with Gasteiger partial charge in [-0.05, 0) is 32.0 Å². The highest BCUT2D eigenvalue weighted by molar-refractivity contribution is 9.10. The van der Waals surface area contributed by atoms with E-state index in [0.29, 0.717) is 4.47 Å². The number of sulfonamides is 1. The van der Waals surface area contributed by atoms with E-state index in [2.05, 4.69) is 15.9 Å². The van der Waals surface area contributed by atoms with E-state index in [1.165, 1.54) is 12.1 Å². The highest BCUT2D eigenvalue weighted by atomic mass is 79.9. The summed E-state index contributed by atoms with van der Waals surface area (Å²) in [5, 5.41) is 9.24. The highest BCUT2D eigenvalue weighted by Crippen LogP contribution is 2.28. The standard InChI is InChI=1S/C13H17BrFNO4S/c1-13(2)8-16(6-10(7-17)20-13)21(18,19)12-4-3-9(14)5-11(12)15/h3-5,10,17H,6-8H2,1-2H3. The lowest BCUT2D eigenvalue weighted by atomic mass is 10.1. The first-order chi connectivity index (χ1) is 9.65. The van der Waals surface area contributed by atoms with Crippen LogP contribution in [0.5, 0.6) is 0 Å². The number of rotatable bonds is 3. The summed E-state index contributed by atoms with van der Waals surface area (Å²) in [6.45, 7) is 3.27. The first-order valence-corrected chi connectivity index (χ1v) is 8.63. The minimum atomic E-state index is -3.98. The molecule has 1 fully saturated rings. The number of aliphatic hydroxyl groups is 1. The number of benzene rings is 1. The van der Waals surface area contributed by atoms with Gasteiger partial charge < -0.3 is 9.84 Å². The first-order valence-electron chi connectivity index (χ1n) is 6.39. The molecule has 0 spiro atoms. The molecule has 0 amide bonds. The Bertz CT molecular complexity index is 635. The normalized spacial score (nSPS) is 23.2. The summed E-state index contributed by atoms with van der Waals surface area (Å²) in [5.41, 5.74) is -0.745. The third-order valence-electron chi connectivity index (χ3n) is 3.17. The molecule has 118 valence electrons. The number of morpholine rings is 1. The number of aliphatic hydroxyl groups excluding tert-OH is 1. The molecular formula is C13H17BrFNO4S. The molecule has 1 aromatic carbocycles. The van der Waals surface area contributed by atoms with Crippen molar-refractivity contribution < 1.29 is 22.7 Å². The van der Waals surface area contributed by atoms with Gasteiger partial charge >= 0.3 is 0 Å². The lowest BCUT2D eigenvalue weighted by Gasteiger charge is -2.41. The van der Waals surface area contributed by atoms with Crippen molar-refractivity contribution in [1.29, 1.82) is 0 Å². The molecule has 0 radical (unpaired) electrons. The fourth-order valence-electron chi connectivity index (χ4n) is 2.34. The van der Waals surface area contributed by atoms with Crippen molar-refractivity contribution in [2.75, 3.05) is 19.7 Å². The molecule has 1 heterocycles. The average molecular weight is 382 g/mol. The van der Waals surface area contributed by atoms with E-state index >= 15 is 0 Å². The predicted octanol–water partition coefficient (Wildman–Crippen LogP) is 1.75. The van der Waals surface area contributed by atoms with Crippen LogP contribution in [0, 0.1) is 5.82 Å². The van der Waals surface area contributed by atoms with Crippen molar-refractivity contribution in [3.8, 4) is 0 Å². The second kappa shape index (κ2) is 5.92.